The van der Waals surface area contributed by atoms with E-state index in [1.165, 1.54) is 25.7 Å². The molecule has 0 spiro atoms. The Balaban J connectivity index is 3.37. The second-order valence-corrected chi connectivity index (χ2v) is 4.11. The van der Waals surface area contributed by atoms with E-state index >= 15 is 0 Å². The molecule has 0 aromatic carbocycles. The smallest absolute Gasteiger partial charge is 0.129 e. The first-order valence-electron chi connectivity index (χ1n) is 5.84. The molecule has 0 saturated carbocycles. The van der Waals surface area contributed by atoms with Gasteiger partial charge in [0.25, 0.3) is 0 Å². The summed E-state index contributed by atoms with van der Waals surface area (Å²) in [6, 6.07) is 0. The summed E-state index contributed by atoms with van der Waals surface area (Å²) < 4.78 is 0. The minimum Gasteiger partial charge on any atom is -0.320 e. The number of rotatable bonds is 9. The molecule has 1 N–H and O–H groups in total. The van der Waals surface area contributed by atoms with Crippen LogP contribution in [-0.2, 0) is 4.79 Å². The summed E-state index contributed by atoms with van der Waals surface area (Å²) in [6.45, 7) is 5.05. The summed E-state index contributed by atoms with van der Waals surface area (Å²) in [5, 5.41) is 3.19. The first-order chi connectivity index (χ1) is 6.70. The predicted octanol–water partition coefficient (Wildman–Crippen LogP) is 2.77. The van der Waals surface area contributed by atoms with E-state index in [9.17, 15) is 4.79 Å². The minimum absolute atomic E-state index is 0.327. The van der Waals surface area contributed by atoms with Crippen LogP contribution in [0.25, 0.3) is 0 Å². The number of carbonyl (C=O) groups is 1. The summed E-state index contributed by atoms with van der Waals surface area (Å²) in [5.74, 6) is 1.17. The van der Waals surface area contributed by atoms with Crippen molar-refractivity contribution in [2.45, 2.75) is 52.4 Å². The molecule has 0 aliphatic rings. The van der Waals surface area contributed by atoms with Crippen molar-refractivity contribution in [2.75, 3.05) is 13.6 Å². The van der Waals surface area contributed by atoms with Crippen molar-refractivity contribution in [3.8, 4) is 0 Å². The molecular weight excluding hydrogens is 174 g/mol. The van der Waals surface area contributed by atoms with Crippen molar-refractivity contribution in [1.29, 1.82) is 0 Å². The van der Waals surface area contributed by atoms with Crippen LogP contribution in [0.3, 0.4) is 0 Å². The molecule has 14 heavy (non-hydrogen) atoms. The Labute approximate surface area is 88.5 Å². The molecule has 2 heteroatoms. The Morgan fingerprint density at radius 1 is 1.29 bits per heavy atom. The summed E-state index contributed by atoms with van der Waals surface area (Å²) in [5.41, 5.74) is 0. The van der Waals surface area contributed by atoms with Gasteiger partial charge in [-0.15, -0.1) is 0 Å². The highest BCUT2D eigenvalue weighted by molar-refractivity contribution is 5.75. The standard InChI is InChI=1S/C12H25NO/c1-4-12(9-10-13-3)8-6-5-7-11(2)14/h12-13H,4-10H2,1-3H3. The highest BCUT2D eigenvalue weighted by atomic mass is 16.1. The second-order valence-electron chi connectivity index (χ2n) is 4.11. The lowest BCUT2D eigenvalue weighted by Crippen LogP contribution is -2.12. The van der Waals surface area contributed by atoms with Crippen molar-refractivity contribution < 1.29 is 4.79 Å². The van der Waals surface area contributed by atoms with E-state index in [1.807, 2.05) is 7.05 Å². The predicted molar refractivity (Wildman–Crippen MR) is 61.5 cm³/mol. The van der Waals surface area contributed by atoms with Gasteiger partial charge >= 0.3 is 0 Å². The van der Waals surface area contributed by atoms with Crippen LogP contribution < -0.4 is 5.32 Å². The molecule has 1 unspecified atom stereocenters. The number of hydrogen-bond acceptors (Lipinski definition) is 2. The zero-order valence-electron chi connectivity index (χ0n) is 9.94. The molecule has 0 rings (SSSR count). The molecular formula is C12H25NO. The second kappa shape index (κ2) is 9.20. The maximum atomic E-state index is 10.7. The quantitative estimate of drug-likeness (QED) is 0.579. The van der Waals surface area contributed by atoms with Crippen molar-refractivity contribution >= 4 is 5.78 Å². The van der Waals surface area contributed by atoms with E-state index in [4.69, 9.17) is 0 Å². The first kappa shape index (κ1) is 13.6. The lowest BCUT2D eigenvalue weighted by atomic mass is 9.95. The Morgan fingerprint density at radius 2 is 2.00 bits per heavy atom. The Morgan fingerprint density at radius 3 is 2.50 bits per heavy atom. The third-order valence-corrected chi connectivity index (χ3v) is 2.77. The minimum atomic E-state index is 0.327. The third kappa shape index (κ3) is 8.24. The van der Waals surface area contributed by atoms with Gasteiger partial charge < -0.3 is 10.1 Å². The molecule has 1 atom stereocenters. The van der Waals surface area contributed by atoms with Crippen molar-refractivity contribution in [3.63, 3.8) is 0 Å². The normalized spacial score (nSPS) is 12.8. The highest BCUT2D eigenvalue weighted by Gasteiger charge is 2.05. The summed E-state index contributed by atoms with van der Waals surface area (Å²) >= 11 is 0. The zero-order valence-corrected chi connectivity index (χ0v) is 9.94. The van der Waals surface area contributed by atoms with Gasteiger partial charge in [-0.25, -0.2) is 0 Å². The Hall–Kier alpha value is -0.370. The van der Waals surface area contributed by atoms with E-state index in [1.54, 1.807) is 6.92 Å². The van der Waals surface area contributed by atoms with Crippen LogP contribution in [0.1, 0.15) is 52.4 Å². The van der Waals surface area contributed by atoms with Gasteiger partial charge in [-0.3, -0.25) is 0 Å². The van der Waals surface area contributed by atoms with E-state index in [2.05, 4.69) is 12.2 Å². The molecule has 0 radical (unpaired) electrons. The fourth-order valence-electron chi connectivity index (χ4n) is 1.71. The van der Waals surface area contributed by atoms with Crippen molar-refractivity contribution in [2.24, 2.45) is 5.92 Å². The average molecular weight is 199 g/mol. The van der Waals surface area contributed by atoms with Gasteiger partial charge in [0.1, 0.15) is 5.78 Å². The van der Waals surface area contributed by atoms with Crippen LogP contribution in [0.2, 0.25) is 0 Å². The Bertz CT molecular complexity index is 145. The summed E-state index contributed by atoms with van der Waals surface area (Å²) in [7, 11) is 2.00. The monoisotopic (exact) mass is 199 g/mol. The lowest BCUT2D eigenvalue weighted by Gasteiger charge is -2.13. The van der Waals surface area contributed by atoms with Gasteiger partial charge in [-0.2, -0.15) is 0 Å². The van der Waals surface area contributed by atoms with E-state index < -0.39 is 0 Å². The lowest BCUT2D eigenvalue weighted by molar-refractivity contribution is -0.117. The number of nitrogens with one attached hydrogen (secondary N) is 1. The van der Waals surface area contributed by atoms with Crippen LogP contribution in [0, 0.1) is 5.92 Å². The molecule has 0 aliphatic carbocycles. The van der Waals surface area contributed by atoms with Gasteiger partial charge in [-0.05, 0) is 39.3 Å². The molecule has 0 bridgehead atoms. The summed E-state index contributed by atoms with van der Waals surface area (Å²) in [4.78, 5) is 10.7. The largest absolute Gasteiger partial charge is 0.320 e. The number of ketones is 1. The maximum Gasteiger partial charge on any atom is 0.129 e. The number of carbonyl (C=O) groups excluding carboxylic acids is 1. The SMILES string of the molecule is CCC(CCCCC(C)=O)CCNC. The molecule has 0 heterocycles. The molecule has 84 valence electrons. The molecule has 0 saturated heterocycles. The van der Waals surface area contributed by atoms with Crippen LogP contribution in [-0.4, -0.2) is 19.4 Å². The fourth-order valence-corrected chi connectivity index (χ4v) is 1.71. The van der Waals surface area contributed by atoms with Gasteiger partial charge in [-0.1, -0.05) is 26.2 Å². The average Bonchev–Trinajstić information content (AvgIpc) is 2.16. The number of unbranched alkanes of at least 4 members (excludes halogenated alkanes) is 1. The third-order valence-electron chi connectivity index (χ3n) is 2.77. The molecule has 0 amide bonds. The van der Waals surface area contributed by atoms with E-state index in [-0.39, 0.29) is 0 Å². The van der Waals surface area contributed by atoms with Crippen molar-refractivity contribution in [3.05, 3.63) is 0 Å². The van der Waals surface area contributed by atoms with Gasteiger partial charge in [0, 0.05) is 6.42 Å². The first-order valence-corrected chi connectivity index (χ1v) is 5.84. The van der Waals surface area contributed by atoms with Crippen LogP contribution in [0.4, 0.5) is 0 Å². The fraction of sp³-hybridized carbons (Fsp3) is 0.917. The number of hydrogen-bond donors (Lipinski definition) is 1. The molecule has 2 nitrogen and oxygen atoms in total. The van der Waals surface area contributed by atoms with E-state index in [0.29, 0.717) is 5.78 Å². The number of Topliss-reactive ketones (excluding diaryl/α,β-unsaturated/α-hetero) is 1. The molecule has 0 aliphatic heterocycles. The Kier molecular flexibility index (Phi) is 8.95. The highest BCUT2D eigenvalue weighted by Crippen LogP contribution is 2.16. The van der Waals surface area contributed by atoms with Gasteiger partial charge in [0.2, 0.25) is 0 Å². The van der Waals surface area contributed by atoms with Gasteiger partial charge in [0.05, 0.1) is 0 Å². The van der Waals surface area contributed by atoms with Crippen LogP contribution in [0.15, 0.2) is 0 Å². The molecule has 0 fully saturated rings. The molecule has 0 aromatic heterocycles. The zero-order chi connectivity index (χ0) is 10.8. The van der Waals surface area contributed by atoms with Gasteiger partial charge in [0.15, 0.2) is 0 Å². The molecule has 0 aromatic rings. The van der Waals surface area contributed by atoms with E-state index in [0.717, 1.165) is 25.3 Å². The summed E-state index contributed by atoms with van der Waals surface area (Å²) in [6.07, 6.45) is 6.87. The maximum absolute atomic E-state index is 10.7. The topological polar surface area (TPSA) is 29.1 Å². The van der Waals surface area contributed by atoms with Crippen LogP contribution >= 0.6 is 0 Å². The van der Waals surface area contributed by atoms with Crippen LogP contribution in [0.5, 0.6) is 0 Å². The van der Waals surface area contributed by atoms with Crippen molar-refractivity contribution in [1.82, 2.24) is 5.32 Å².